The number of methoxy groups -OCH3 is 1. The first kappa shape index (κ1) is 18.2. The number of hydrogen-bond acceptors (Lipinski definition) is 5. The van der Waals surface area contributed by atoms with Crippen LogP contribution in [0.4, 0.5) is 8.78 Å². The molecule has 3 rings (SSSR count). The van der Waals surface area contributed by atoms with Crippen LogP contribution in [-0.4, -0.2) is 81.1 Å². The molecule has 0 N–H and O–H groups in total. The molecule has 1 aromatic carbocycles. The van der Waals surface area contributed by atoms with Crippen LogP contribution in [0, 0.1) is 11.6 Å². The highest BCUT2D eigenvalue weighted by Crippen LogP contribution is 2.28. The van der Waals surface area contributed by atoms with Crippen LogP contribution in [0.2, 0.25) is 0 Å². The van der Waals surface area contributed by atoms with E-state index < -0.39 is 33.4 Å². The first-order chi connectivity index (χ1) is 11.8. The minimum Gasteiger partial charge on any atom is -0.383 e. The number of nitrogens with zero attached hydrogens (tertiary/aromatic N) is 2. The Balaban J connectivity index is 1.85. The topological polar surface area (TPSA) is 66.9 Å². The van der Waals surface area contributed by atoms with Gasteiger partial charge in [-0.25, -0.2) is 17.2 Å². The molecule has 2 fully saturated rings. The lowest BCUT2D eigenvalue weighted by Gasteiger charge is -2.43. The lowest BCUT2D eigenvalue weighted by atomic mass is 10.0. The molecule has 0 spiro atoms. The highest BCUT2D eigenvalue weighted by atomic mass is 32.2. The van der Waals surface area contributed by atoms with E-state index in [9.17, 15) is 22.0 Å². The summed E-state index contributed by atoms with van der Waals surface area (Å²) in [6.07, 6.45) is 0. The van der Waals surface area contributed by atoms with Gasteiger partial charge < -0.3 is 9.64 Å². The number of carbonyl (C=O) groups is 1. The molecule has 138 valence electrons. The third-order valence-electron chi connectivity index (χ3n) is 4.80. The summed E-state index contributed by atoms with van der Waals surface area (Å²) in [6, 6.07) is 2.18. The normalized spacial score (nSPS) is 25.8. The zero-order valence-electron chi connectivity index (χ0n) is 13.8. The number of amides is 1. The molecule has 2 heterocycles. The van der Waals surface area contributed by atoms with E-state index in [1.54, 1.807) is 7.11 Å². The van der Waals surface area contributed by atoms with Crippen molar-refractivity contribution in [3.63, 3.8) is 0 Å². The van der Waals surface area contributed by atoms with Crippen LogP contribution in [0.25, 0.3) is 0 Å². The van der Waals surface area contributed by atoms with Crippen LogP contribution in [0.15, 0.2) is 18.2 Å². The van der Waals surface area contributed by atoms with Gasteiger partial charge in [0.2, 0.25) is 0 Å². The van der Waals surface area contributed by atoms with Gasteiger partial charge in [-0.1, -0.05) is 0 Å². The molecular weight excluding hydrogens is 354 g/mol. The number of ether oxygens (including phenoxy) is 1. The monoisotopic (exact) mass is 374 g/mol. The van der Waals surface area contributed by atoms with Crippen LogP contribution >= 0.6 is 0 Å². The molecule has 25 heavy (non-hydrogen) atoms. The molecule has 2 saturated heterocycles. The van der Waals surface area contributed by atoms with Crippen molar-refractivity contribution in [2.45, 2.75) is 12.1 Å². The fraction of sp³-hybridized carbons (Fsp3) is 0.562. The number of piperazine rings is 1. The van der Waals surface area contributed by atoms with Crippen LogP contribution in [0.5, 0.6) is 0 Å². The Labute approximate surface area is 145 Å². The Bertz CT molecular complexity index is 771. The van der Waals surface area contributed by atoms with E-state index in [1.165, 1.54) is 11.0 Å². The summed E-state index contributed by atoms with van der Waals surface area (Å²) in [7, 11) is -1.69. The van der Waals surface area contributed by atoms with Crippen molar-refractivity contribution in [3.8, 4) is 0 Å². The van der Waals surface area contributed by atoms with Crippen molar-refractivity contribution < 1.29 is 26.7 Å². The van der Waals surface area contributed by atoms with Gasteiger partial charge in [0.15, 0.2) is 21.5 Å². The average molecular weight is 374 g/mol. The molecule has 0 unspecified atom stereocenters. The highest BCUT2D eigenvalue weighted by molar-refractivity contribution is 7.91. The Morgan fingerprint density at radius 2 is 1.92 bits per heavy atom. The van der Waals surface area contributed by atoms with E-state index in [0.29, 0.717) is 26.2 Å². The summed E-state index contributed by atoms with van der Waals surface area (Å²) in [5.74, 6) is -2.72. The SMILES string of the molecule is COCCN1CCN(C(=O)c2ccc(F)c(F)c2)[C@@H]2CS(=O)(=O)C[C@@H]21. The number of benzene rings is 1. The van der Waals surface area contributed by atoms with E-state index in [1.807, 2.05) is 4.90 Å². The zero-order chi connectivity index (χ0) is 18.2. The lowest BCUT2D eigenvalue weighted by Crippen LogP contribution is -2.61. The van der Waals surface area contributed by atoms with Gasteiger partial charge >= 0.3 is 0 Å². The second kappa shape index (κ2) is 6.97. The van der Waals surface area contributed by atoms with E-state index in [2.05, 4.69) is 0 Å². The van der Waals surface area contributed by atoms with E-state index in [0.717, 1.165) is 12.1 Å². The van der Waals surface area contributed by atoms with E-state index in [4.69, 9.17) is 4.74 Å². The predicted octanol–water partition coefficient (Wildman–Crippen LogP) is 0.535. The third-order valence-corrected chi connectivity index (χ3v) is 6.50. The Kier molecular flexibility index (Phi) is 5.08. The Morgan fingerprint density at radius 3 is 2.60 bits per heavy atom. The number of halogens is 2. The maximum atomic E-state index is 13.4. The number of carbonyl (C=O) groups excluding carboxylic acids is 1. The summed E-state index contributed by atoms with van der Waals surface area (Å²) in [5, 5.41) is 0. The molecule has 0 aromatic heterocycles. The van der Waals surface area contributed by atoms with Gasteiger partial charge in [0.05, 0.1) is 24.2 Å². The number of fused-ring (bicyclic) bond motifs is 1. The molecule has 0 bridgehead atoms. The molecule has 9 heteroatoms. The van der Waals surface area contributed by atoms with Crippen molar-refractivity contribution in [2.24, 2.45) is 0 Å². The third kappa shape index (κ3) is 3.68. The van der Waals surface area contributed by atoms with Gasteiger partial charge in [-0.3, -0.25) is 9.69 Å². The van der Waals surface area contributed by atoms with Crippen LogP contribution in [0.3, 0.4) is 0 Å². The number of sulfone groups is 1. The first-order valence-electron chi connectivity index (χ1n) is 8.02. The smallest absolute Gasteiger partial charge is 0.254 e. The van der Waals surface area contributed by atoms with Crippen molar-refractivity contribution >= 4 is 15.7 Å². The molecular formula is C16H20F2N2O4S. The highest BCUT2D eigenvalue weighted by Gasteiger charge is 2.47. The molecule has 2 atom stereocenters. The maximum absolute atomic E-state index is 13.4. The van der Waals surface area contributed by atoms with E-state index in [-0.39, 0.29) is 23.1 Å². The number of rotatable bonds is 4. The van der Waals surface area contributed by atoms with Gasteiger partial charge in [0.25, 0.3) is 5.91 Å². The maximum Gasteiger partial charge on any atom is 0.254 e. The van der Waals surface area contributed by atoms with Crippen molar-refractivity contribution in [3.05, 3.63) is 35.4 Å². The predicted molar refractivity (Wildman–Crippen MR) is 87.1 cm³/mol. The van der Waals surface area contributed by atoms with Crippen LogP contribution in [-0.2, 0) is 14.6 Å². The summed E-state index contributed by atoms with van der Waals surface area (Å²) >= 11 is 0. The van der Waals surface area contributed by atoms with Crippen molar-refractivity contribution in [1.29, 1.82) is 0 Å². The number of hydrogen-bond donors (Lipinski definition) is 0. The standard InChI is InChI=1S/C16H20F2N2O4S/c1-24-7-6-19-4-5-20(15-10-25(22,23)9-14(15)19)16(21)11-2-3-12(17)13(18)8-11/h2-3,8,14-15H,4-7,9-10H2,1H3/t14-,15+/m0/s1. The van der Waals surface area contributed by atoms with Gasteiger partial charge in [-0.2, -0.15) is 0 Å². The molecule has 1 aromatic rings. The second-order valence-corrected chi connectivity index (χ2v) is 8.52. The zero-order valence-corrected chi connectivity index (χ0v) is 14.6. The van der Waals surface area contributed by atoms with Crippen molar-refractivity contribution in [1.82, 2.24) is 9.80 Å². The minimum atomic E-state index is -3.26. The lowest BCUT2D eigenvalue weighted by molar-refractivity contribution is 0.0247. The largest absolute Gasteiger partial charge is 0.383 e. The quantitative estimate of drug-likeness (QED) is 0.769. The molecule has 2 aliphatic rings. The van der Waals surface area contributed by atoms with Crippen LogP contribution < -0.4 is 0 Å². The molecule has 1 amide bonds. The van der Waals surface area contributed by atoms with Gasteiger partial charge in [-0.15, -0.1) is 0 Å². The molecule has 0 aliphatic carbocycles. The Hall–Kier alpha value is -1.58. The average Bonchev–Trinajstić information content (AvgIpc) is 2.89. The first-order valence-corrected chi connectivity index (χ1v) is 9.84. The minimum absolute atomic E-state index is 0.0110. The van der Waals surface area contributed by atoms with E-state index >= 15 is 0 Å². The fourth-order valence-electron chi connectivity index (χ4n) is 3.56. The van der Waals surface area contributed by atoms with Gasteiger partial charge in [0.1, 0.15) is 0 Å². The van der Waals surface area contributed by atoms with Gasteiger partial charge in [-0.05, 0) is 18.2 Å². The van der Waals surface area contributed by atoms with Crippen molar-refractivity contribution in [2.75, 3.05) is 44.9 Å². The summed E-state index contributed by atoms with van der Waals surface area (Å²) in [5.41, 5.74) is 0.0206. The molecule has 0 saturated carbocycles. The summed E-state index contributed by atoms with van der Waals surface area (Å²) in [6.45, 7) is 1.90. The van der Waals surface area contributed by atoms with Crippen LogP contribution in [0.1, 0.15) is 10.4 Å². The molecule has 2 aliphatic heterocycles. The fourth-order valence-corrected chi connectivity index (χ4v) is 5.57. The van der Waals surface area contributed by atoms with Gasteiger partial charge in [0, 0.05) is 38.3 Å². The summed E-state index contributed by atoms with van der Waals surface area (Å²) in [4.78, 5) is 16.2. The summed E-state index contributed by atoms with van der Waals surface area (Å²) < 4.78 is 55.8. The second-order valence-electron chi connectivity index (χ2n) is 6.37. The Morgan fingerprint density at radius 1 is 1.20 bits per heavy atom. The molecule has 6 nitrogen and oxygen atoms in total. The molecule has 0 radical (unpaired) electrons.